The number of hydrogen-bond acceptors (Lipinski definition) is 5. The lowest BCUT2D eigenvalue weighted by molar-refractivity contribution is 0.0697. The summed E-state index contributed by atoms with van der Waals surface area (Å²) < 4.78 is 50.0. The molecule has 1 rings (SSSR count). The highest BCUT2D eigenvalue weighted by molar-refractivity contribution is 7.90. The molecule has 0 radical (unpaired) electrons. The van der Waals surface area contributed by atoms with Crippen molar-refractivity contribution in [2.75, 3.05) is 19.3 Å². The molecule has 0 aliphatic carbocycles. The van der Waals surface area contributed by atoms with Crippen molar-refractivity contribution in [2.45, 2.75) is 5.75 Å². The van der Waals surface area contributed by atoms with Crippen LogP contribution in [0.5, 0.6) is 0 Å². The van der Waals surface area contributed by atoms with E-state index in [0.29, 0.717) is 5.56 Å². The molecule has 0 heterocycles. The summed E-state index contributed by atoms with van der Waals surface area (Å²) in [4.78, 5) is 10.7. The van der Waals surface area contributed by atoms with E-state index < -0.39 is 26.0 Å². The molecule has 3 N–H and O–H groups in total. The summed E-state index contributed by atoms with van der Waals surface area (Å²) in [5.41, 5.74) is 0.466. The molecule has 1 aromatic carbocycles. The Kier molecular flexibility index (Phi) is 5.84. The van der Waals surface area contributed by atoms with Crippen LogP contribution in [-0.2, 0) is 25.8 Å². The minimum atomic E-state index is -3.69. The molecule has 1 aromatic rings. The SMILES string of the molecule is CNS(=O)(=O)CCNS(=O)(=O)Cc1ccc(C(=O)O)cc1. The molecule has 21 heavy (non-hydrogen) atoms. The van der Waals surface area contributed by atoms with Gasteiger partial charge in [-0.2, -0.15) is 0 Å². The van der Waals surface area contributed by atoms with Gasteiger partial charge in [0.1, 0.15) is 0 Å². The quantitative estimate of drug-likeness (QED) is 0.578. The molecule has 0 amide bonds. The monoisotopic (exact) mass is 336 g/mol. The Bertz CT molecular complexity index is 695. The van der Waals surface area contributed by atoms with E-state index in [9.17, 15) is 21.6 Å². The second-order valence-corrected chi connectivity index (χ2v) is 8.03. The predicted molar refractivity (Wildman–Crippen MR) is 76.9 cm³/mol. The highest BCUT2D eigenvalue weighted by atomic mass is 32.2. The first-order valence-corrected chi connectivity index (χ1v) is 9.16. The molecule has 8 nitrogen and oxygen atoms in total. The van der Waals surface area contributed by atoms with E-state index >= 15 is 0 Å². The highest BCUT2D eigenvalue weighted by Gasteiger charge is 2.14. The van der Waals surface area contributed by atoms with Crippen LogP contribution in [0.3, 0.4) is 0 Å². The Morgan fingerprint density at radius 2 is 1.67 bits per heavy atom. The van der Waals surface area contributed by atoms with Gasteiger partial charge in [-0.1, -0.05) is 12.1 Å². The van der Waals surface area contributed by atoms with Crippen LogP contribution in [0.25, 0.3) is 0 Å². The summed E-state index contributed by atoms with van der Waals surface area (Å²) in [7, 11) is -5.92. The first-order chi connectivity index (χ1) is 9.65. The van der Waals surface area contributed by atoms with E-state index in [1.54, 1.807) is 0 Å². The normalized spacial score (nSPS) is 12.2. The van der Waals surface area contributed by atoms with E-state index in [2.05, 4.69) is 9.44 Å². The van der Waals surface area contributed by atoms with Gasteiger partial charge in [0.25, 0.3) is 0 Å². The van der Waals surface area contributed by atoms with Crippen molar-refractivity contribution in [1.29, 1.82) is 0 Å². The number of aromatic carboxylic acids is 1. The van der Waals surface area contributed by atoms with Crippen LogP contribution in [0.1, 0.15) is 15.9 Å². The number of rotatable bonds is 8. The van der Waals surface area contributed by atoms with Crippen molar-refractivity contribution in [2.24, 2.45) is 0 Å². The molecule has 0 aliphatic rings. The van der Waals surface area contributed by atoms with Crippen LogP contribution in [0.2, 0.25) is 0 Å². The Morgan fingerprint density at radius 3 is 2.14 bits per heavy atom. The highest BCUT2D eigenvalue weighted by Crippen LogP contribution is 2.07. The first kappa shape index (κ1) is 17.6. The number of carboxylic acids is 1. The van der Waals surface area contributed by atoms with Gasteiger partial charge in [0.05, 0.1) is 17.1 Å². The zero-order valence-electron chi connectivity index (χ0n) is 11.2. The Hall–Kier alpha value is -1.49. The van der Waals surface area contributed by atoms with Crippen molar-refractivity contribution in [3.05, 3.63) is 35.4 Å². The van der Waals surface area contributed by atoms with E-state index in [0.717, 1.165) is 0 Å². The van der Waals surface area contributed by atoms with Gasteiger partial charge >= 0.3 is 5.97 Å². The molecule has 0 atom stereocenters. The van der Waals surface area contributed by atoms with Crippen LogP contribution in [0.4, 0.5) is 0 Å². The Balaban J connectivity index is 2.62. The van der Waals surface area contributed by atoms with Crippen LogP contribution in [0.15, 0.2) is 24.3 Å². The third-order valence-electron chi connectivity index (χ3n) is 2.56. The number of carboxylic acid groups (broad SMARTS) is 1. The van der Waals surface area contributed by atoms with Crippen molar-refractivity contribution in [1.82, 2.24) is 9.44 Å². The summed E-state index contributed by atoms with van der Waals surface area (Å²) >= 11 is 0. The van der Waals surface area contributed by atoms with Gasteiger partial charge in [-0.25, -0.2) is 31.1 Å². The lowest BCUT2D eigenvalue weighted by Crippen LogP contribution is -2.33. The largest absolute Gasteiger partial charge is 0.478 e. The second kappa shape index (κ2) is 6.98. The molecule has 0 aliphatic heterocycles. The summed E-state index contributed by atoms with van der Waals surface area (Å²) in [5.74, 6) is -1.81. The van der Waals surface area contributed by atoms with Crippen LogP contribution in [0, 0.1) is 0 Å². The maximum atomic E-state index is 11.8. The molecule has 118 valence electrons. The molecule has 0 fully saturated rings. The molecule has 0 aromatic heterocycles. The summed E-state index contributed by atoms with van der Waals surface area (Å²) in [6, 6.07) is 5.40. The van der Waals surface area contributed by atoms with Crippen LogP contribution in [-0.4, -0.2) is 47.3 Å². The Labute approximate surface area is 123 Å². The summed E-state index contributed by atoms with van der Waals surface area (Å²) in [5, 5.41) is 8.73. The Morgan fingerprint density at radius 1 is 1.10 bits per heavy atom. The zero-order chi connectivity index (χ0) is 16.1. The van der Waals surface area contributed by atoms with Crippen molar-refractivity contribution >= 4 is 26.0 Å². The third-order valence-corrected chi connectivity index (χ3v) is 5.28. The number of hydrogen-bond donors (Lipinski definition) is 3. The second-order valence-electron chi connectivity index (χ2n) is 4.18. The number of nitrogens with one attached hydrogen (secondary N) is 2. The lowest BCUT2D eigenvalue weighted by Gasteiger charge is -2.07. The van der Waals surface area contributed by atoms with E-state index in [1.165, 1.54) is 31.3 Å². The van der Waals surface area contributed by atoms with Crippen molar-refractivity contribution < 1.29 is 26.7 Å². The molecule has 0 saturated heterocycles. The number of sulfonamides is 2. The molecule has 0 spiro atoms. The molecular formula is C11H16N2O6S2. The van der Waals surface area contributed by atoms with Crippen molar-refractivity contribution in [3.63, 3.8) is 0 Å². The summed E-state index contributed by atoms with van der Waals surface area (Å²) in [6.07, 6.45) is 0. The van der Waals surface area contributed by atoms with Gasteiger partial charge in [-0.3, -0.25) is 0 Å². The lowest BCUT2D eigenvalue weighted by atomic mass is 10.1. The van der Waals surface area contributed by atoms with Gasteiger partial charge in [0, 0.05) is 6.54 Å². The molecule has 0 bridgehead atoms. The fourth-order valence-corrected chi connectivity index (χ4v) is 3.30. The number of carbonyl (C=O) groups is 1. The van der Waals surface area contributed by atoms with E-state index in [4.69, 9.17) is 5.11 Å². The predicted octanol–water partition coefficient (Wildman–Crippen LogP) is -0.647. The minimum Gasteiger partial charge on any atom is -0.478 e. The van der Waals surface area contributed by atoms with Crippen molar-refractivity contribution in [3.8, 4) is 0 Å². The topological polar surface area (TPSA) is 130 Å². The standard InChI is InChI=1S/C11H16N2O6S2/c1-12-20(16,17)7-6-13-21(18,19)8-9-2-4-10(5-3-9)11(14)15/h2-5,12-13H,6-8H2,1H3,(H,14,15). The third kappa shape index (κ3) is 6.21. The van der Waals surface area contributed by atoms with Gasteiger partial charge < -0.3 is 5.11 Å². The smallest absolute Gasteiger partial charge is 0.335 e. The number of benzene rings is 1. The fourth-order valence-electron chi connectivity index (χ4n) is 1.45. The van der Waals surface area contributed by atoms with Crippen LogP contribution < -0.4 is 9.44 Å². The van der Waals surface area contributed by atoms with E-state index in [1.807, 2.05) is 0 Å². The van der Waals surface area contributed by atoms with E-state index in [-0.39, 0.29) is 23.6 Å². The van der Waals surface area contributed by atoms with Gasteiger partial charge in [-0.15, -0.1) is 0 Å². The molecule has 0 unspecified atom stereocenters. The van der Waals surface area contributed by atoms with Gasteiger partial charge in [0.2, 0.25) is 20.0 Å². The maximum Gasteiger partial charge on any atom is 0.335 e. The maximum absolute atomic E-state index is 11.8. The van der Waals surface area contributed by atoms with Crippen LogP contribution >= 0.6 is 0 Å². The molecular weight excluding hydrogens is 320 g/mol. The first-order valence-electron chi connectivity index (χ1n) is 5.86. The molecule has 0 saturated carbocycles. The fraction of sp³-hybridized carbons (Fsp3) is 0.364. The minimum absolute atomic E-state index is 0.0595. The average molecular weight is 336 g/mol. The average Bonchev–Trinajstić information content (AvgIpc) is 2.38. The van der Waals surface area contributed by atoms with Gasteiger partial charge in [-0.05, 0) is 24.7 Å². The summed E-state index contributed by atoms with van der Waals surface area (Å²) in [6.45, 7) is -0.237. The molecule has 10 heteroatoms. The zero-order valence-corrected chi connectivity index (χ0v) is 12.9. The van der Waals surface area contributed by atoms with Gasteiger partial charge in [0.15, 0.2) is 0 Å².